The van der Waals surface area contributed by atoms with Gasteiger partial charge in [-0.15, -0.1) is 0 Å². The van der Waals surface area contributed by atoms with Gasteiger partial charge >= 0.3 is 0 Å². The highest BCUT2D eigenvalue weighted by Crippen LogP contribution is 2.27. The molecule has 1 aliphatic carbocycles. The average molecular weight is 193 g/mol. The predicted octanol–water partition coefficient (Wildman–Crippen LogP) is 1.28. The van der Waals surface area contributed by atoms with Crippen LogP contribution >= 0.6 is 0 Å². The molecule has 3 nitrogen and oxygen atoms in total. The summed E-state index contributed by atoms with van der Waals surface area (Å²) >= 11 is 0. The van der Waals surface area contributed by atoms with Crippen LogP contribution in [0.3, 0.4) is 0 Å². The van der Waals surface area contributed by atoms with E-state index >= 15 is 0 Å². The molecule has 2 rings (SSSR count). The van der Waals surface area contributed by atoms with Crippen molar-refractivity contribution in [2.75, 3.05) is 13.1 Å². The van der Waals surface area contributed by atoms with Gasteiger partial charge in [0, 0.05) is 12.2 Å². The number of aliphatic imine (C=N–C) groups is 1. The Morgan fingerprint density at radius 2 is 2.36 bits per heavy atom. The largest absolute Gasteiger partial charge is 0.347 e. The normalized spacial score (nSPS) is 26.6. The Kier molecular flexibility index (Phi) is 2.87. The van der Waals surface area contributed by atoms with E-state index in [1.54, 1.807) is 0 Å². The molecule has 0 spiro atoms. The molecular formula is C11H19N3. The third-order valence-electron chi connectivity index (χ3n) is 2.63. The Morgan fingerprint density at radius 3 is 3.00 bits per heavy atom. The van der Waals surface area contributed by atoms with Gasteiger partial charge in [0.25, 0.3) is 0 Å². The molecule has 0 aromatic rings. The van der Waals surface area contributed by atoms with E-state index in [4.69, 9.17) is 0 Å². The maximum atomic E-state index is 4.39. The Hall–Kier alpha value is -0.830. The first kappa shape index (κ1) is 9.71. The molecule has 1 heterocycles. The van der Waals surface area contributed by atoms with Gasteiger partial charge in [0.1, 0.15) is 0 Å². The van der Waals surface area contributed by atoms with Crippen LogP contribution in [0.5, 0.6) is 0 Å². The van der Waals surface area contributed by atoms with Crippen LogP contribution in [0, 0.1) is 5.92 Å². The minimum Gasteiger partial charge on any atom is -0.347 e. The average Bonchev–Trinajstić information content (AvgIpc) is 2.86. The van der Waals surface area contributed by atoms with Crippen LogP contribution in [0.25, 0.3) is 0 Å². The summed E-state index contributed by atoms with van der Waals surface area (Å²) in [5.74, 6) is 1.98. The fourth-order valence-corrected chi connectivity index (χ4v) is 1.78. The molecule has 1 fully saturated rings. The van der Waals surface area contributed by atoms with E-state index < -0.39 is 0 Å². The summed E-state index contributed by atoms with van der Waals surface area (Å²) < 4.78 is 0. The van der Waals surface area contributed by atoms with Gasteiger partial charge in [-0.1, -0.05) is 0 Å². The first-order chi connectivity index (χ1) is 6.74. The zero-order valence-electron chi connectivity index (χ0n) is 9.01. The minimum atomic E-state index is 0.328. The van der Waals surface area contributed by atoms with Gasteiger partial charge in [-0.25, -0.2) is 0 Å². The summed E-state index contributed by atoms with van der Waals surface area (Å²) in [6.45, 7) is 6.26. The molecule has 78 valence electrons. The lowest BCUT2D eigenvalue weighted by molar-refractivity contribution is 0.655. The summed E-state index contributed by atoms with van der Waals surface area (Å²) in [5, 5.41) is 6.76. The number of hydrogen-bond acceptors (Lipinski definition) is 3. The van der Waals surface area contributed by atoms with Gasteiger partial charge in [0.05, 0.1) is 11.9 Å². The standard InChI is InChI=1S/C11H19N3/c1-8-5-11(14-9(2)13-8)7-12-6-10-3-4-10/h5,8,10,12H,3-4,6-7H2,1-2H3,(H,13,14). The molecule has 0 aromatic carbocycles. The van der Waals surface area contributed by atoms with Crippen LogP contribution in [0.2, 0.25) is 0 Å². The van der Waals surface area contributed by atoms with Gasteiger partial charge in [-0.3, -0.25) is 4.99 Å². The first-order valence-electron chi connectivity index (χ1n) is 5.47. The third kappa shape index (κ3) is 2.84. The SMILES string of the molecule is CC1=NC(C)C=C(CNCC2CC2)N1. The van der Waals surface area contributed by atoms with E-state index in [1.165, 1.54) is 25.1 Å². The van der Waals surface area contributed by atoms with E-state index in [1.807, 2.05) is 6.92 Å². The smallest absolute Gasteiger partial charge is 0.0980 e. The molecule has 1 unspecified atom stereocenters. The van der Waals surface area contributed by atoms with E-state index in [-0.39, 0.29) is 0 Å². The molecule has 1 atom stereocenters. The fourth-order valence-electron chi connectivity index (χ4n) is 1.78. The maximum Gasteiger partial charge on any atom is 0.0980 e. The van der Waals surface area contributed by atoms with Crippen LogP contribution < -0.4 is 10.6 Å². The second-order valence-electron chi connectivity index (χ2n) is 4.35. The predicted molar refractivity (Wildman–Crippen MR) is 59.4 cm³/mol. The molecular weight excluding hydrogens is 174 g/mol. The molecule has 0 amide bonds. The van der Waals surface area contributed by atoms with E-state index in [9.17, 15) is 0 Å². The van der Waals surface area contributed by atoms with E-state index in [2.05, 4.69) is 28.6 Å². The van der Waals surface area contributed by atoms with Crippen LogP contribution in [0.1, 0.15) is 26.7 Å². The number of rotatable bonds is 4. The lowest BCUT2D eigenvalue weighted by atomic mass is 10.2. The van der Waals surface area contributed by atoms with Gasteiger partial charge in [-0.2, -0.15) is 0 Å². The lowest BCUT2D eigenvalue weighted by Crippen LogP contribution is -2.33. The van der Waals surface area contributed by atoms with Gasteiger partial charge in [0.15, 0.2) is 0 Å². The lowest BCUT2D eigenvalue weighted by Gasteiger charge is -2.18. The van der Waals surface area contributed by atoms with Crippen LogP contribution in [-0.4, -0.2) is 25.0 Å². The van der Waals surface area contributed by atoms with Crippen molar-refractivity contribution < 1.29 is 0 Å². The van der Waals surface area contributed by atoms with Crippen molar-refractivity contribution in [2.45, 2.75) is 32.7 Å². The van der Waals surface area contributed by atoms with E-state index in [0.29, 0.717) is 6.04 Å². The van der Waals surface area contributed by atoms with Crippen LogP contribution in [0.4, 0.5) is 0 Å². The van der Waals surface area contributed by atoms with Crippen molar-refractivity contribution >= 4 is 5.84 Å². The molecule has 3 heteroatoms. The molecule has 1 saturated carbocycles. The molecule has 2 aliphatic rings. The zero-order valence-corrected chi connectivity index (χ0v) is 9.01. The number of amidine groups is 1. The van der Waals surface area contributed by atoms with Crippen LogP contribution in [-0.2, 0) is 0 Å². The molecule has 14 heavy (non-hydrogen) atoms. The highest BCUT2D eigenvalue weighted by molar-refractivity contribution is 5.82. The molecule has 0 radical (unpaired) electrons. The Labute approximate surface area is 85.7 Å². The maximum absolute atomic E-state index is 4.39. The highest BCUT2D eigenvalue weighted by atomic mass is 15.1. The van der Waals surface area contributed by atoms with Crippen LogP contribution in [0.15, 0.2) is 16.8 Å². The zero-order chi connectivity index (χ0) is 9.97. The molecule has 0 saturated heterocycles. The molecule has 2 N–H and O–H groups in total. The summed E-state index contributed by atoms with van der Waals surface area (Å²) in [5.41, 5.74) is 1.27. The quantitative estimate of drug-likeness (QED) is 0.705. The Bertz CT molecular complexity index is 264. The highest BCUT2D eigenvalue weighted by Gasteiger charge is 2.20. The van der Waals surface area contributed by atoms with Crippen molar-refractivity contribution in [3.05, 3.63) is 11.8 Å². The third-order valence-corrected chi connectivity index (χ3v) is 2.63. The van der Waals surface area contributed by atoms with Crippen molar-refractivity contribution in [3.8, 4) is 0 Å². The summed E-state index contributed by atoms with van der Waals surface area (Å²) in [6, 6.07) is 0.328. The van der Waals surface area contributed by atoms with Crippen molar-refractivity contribution in [2.24, 2.45) is 10.9 Å². The molecule has 0 bridgehead atoms. The van der Waals surface area contributed by atoms with Crippen molar-refractivity contribution in [3.63, 3.8) is 0 Å². The van der Waals surface area contributed by atoms with Crippen molar-refractivity contribution in [1.82, 2.24) is 10.6 Å². The minimum absolute atomic E-state index is 0.328. The van der Waals surface area contributed by atoms with Gasteiger partial charge < -0.3 is 10.6 Å². The van der Waals surface area contributed by atoms with Gasteiger partial charge in [-0.05, 0) is 45.2 Å². The molecule has 1 aliphatic heterocycles. The Balaban J connectivity index is 1.73. The second kappa shape index (κ2) is 4.13. The number of nitrogens with zero attached hydrogens (tertiary/aromatic N) is 1. The Morgan fingerprint density at radius 1 is 1.57 bits per heavy atom. The van der Waals surface area contributed by atoms with Crippen molar-refractivity contribution in [1.29, 1.82) is 0 Å². The first-order valence-corrected chi connectivity index (χ1v) is 5.47. The fraction of sp³-hybridized carbons (Fsp3) is 0.727. The topological polar surface area (TPSA) is 36.4 Å². The molecule has 0 aromatic heterocycles. The number of nitrogens with one attached hydrogen (secondary N) is 2. The summed E-state index contributed by atoms with van der Waals surface area (Å²) in [6.07, 6.45) is 5.01. The monoisotopic (exact) mass is 193 g/mol. The van der Waals surface area contributed by atoms with E-state index in [0.717, 1.165) is 18.3 Å². The van der Waals surface area contributed by atoms with Gasteiger partial charge in [0.2, 0.25) is 0 Å². The number of hydrogen-bond donors (Lipinski definition) is 2. The summed E-state index contributed by atoms with van der Waals surface area (Å²) in [7, 11) is 0. The second-order valence-corrected chi connectivity index (χ2v) is 4.35. The summed E-state index contributed by atoms with van der Waals surface area (Å²) in [4.78, 5) is 4.39.